The number of benzene rings is 2. The third-order valence-corrected chi connectivity index (χ3v) is 8.40. The highest BCUT2D eigenvalue weighted by Crippen LogP contribution is 2.46. The van der Waals surface area contributed by atoms with Crippen LogP contribution in [-0.2, 0) is 16.1 Å². The van der Waals surface area contributed by atoms with E-state index in [2.05, 4.69) is 36.3 Å². The fourth-order valence-electron chi connectivity index (χ4n) is 5.43. The van der Waals surface area contributed by atoms with Crippen molar-refractivity contribution < 1.29 is 19.1 Å². The molecular weight excluding hydrogens is 516 g/mol. The van der Waals surface area contributed by atoms with Crippen LogP contribution in [0.4, 0.5) is 4.79 Å². The first-order valence-corrected chi connectivity index (χ1v) is 15.2. The number of imide groups is 1. The topological polar surface area (TPSA) is 91.0 Å². The summed E-state index contributed by atoms with van der Waals surface area (Å²) < 4.78 is 6.34. The van der Waals surface area contributed by atoms with Gasteiger partial charge in [0, 0.05) is 19.5 Å². The molecule has 1 heterocycles. The van der Waals surface area contributed by atoms with Gasteiger partial charge in [0.05, 0.1) is 6.04 Å². The average molecular weight is 565 g/mol. The van der Waals surface area contributed by atoms with Gasteiger partial charge in [0.25, 0.3) is 0 Å². The number of nitrogens with zero attached hydrogens (tertiary/aromatic N) is 2. The molecule has 3 rings (SSSR count). The lowest BCUT2D eigenvalue weighted by Gasteiger charge is -2.53. The molecule has 8 heteroatoms. The van der Waals surface area contributed by atoms with Crippen LogP contribution in [-0.4, -0.2) is 53.5 Å². The maximum absolute atomic E-state index is 13.5. The zero-order chi connectivity index (χ0) is 30.0. The lowest BCUT2D eigenvalue weighted by molar-refractivity contribution is -0.191. The number of hydrogen-bond acceptors (Lipinski definition) is 5. The number of rotatable bonds is 15. The van der Waals surface area contributed by atoms with Gasteiger partial charge in [0.1, 0.15) is 11.2 Å². The molecule has 2 N–H and O–H groups in total. The zero-order valence-electron chi connectivity index (χ0n) is 25.7. The molecule has 1 aliphatic heterocycles. The van der Waals surface area contributed by atoms with E-state index in [1.54, 1.807) is 0 Å². The monoisotopic (exact) mass is 564 g/mol. The largest absolute Gasteiger partial charge is 0.469 e. The van der Waals surface area contributed by atoms with Crippen molar-refractivity contribution in [3.8, 4) is 5.75 Å². The van der Waals surface area contributed by atoms with Gasteiger partial charge >= 0.3 is 6.03 Å². The van der Waals surface area contributed by atoms with Crippen molar-refractivity contribution in [2.75, 3.05) is 19.6 Å². The molecule has 1 saturated heterocycles. The molecule has 1 aliphatic rings. The molecule has 0 unspecified atom stereocenters. The van der Waals surface area contributed by atoms with Crippen LogP contribution in [0.15, 0.2) is 48.5 Å². The molecule has 0 spiro atoms. The Hall–Kier alpha value is -3.39. The van der Waals surface area contributed by atoms with Crippen molar-refractivity contribution >= 4 is 17.8 Å². The Balaban J connectivity index is 1.67. The first kappa shape index (κ1) is 32.1. The molecule has 2 aromatic carbocycles. The molecule has 2 atom stereocenters. The number of ether oxygens (including phenoxy) is 1. The molecule has 0 saturated carbocycles. The fraction of sp³-hybridized carbons (Fsp3) is 0.545. The number of carbonyl (C=O) groups is 3. The Kier molecular flexibility index (Phi) is 11.8. The van der Waals surface area contributed by atoms with Crippen molar-refractivity contribution in [3.63, 3.8) is 0 Å². The Morgan fingerprint density at radius 2 is 1.61 bits per heavy atom. The maximum atomic E-state index is 13.5. The SMILES string of the molecule is CCC[C@@H](NC(=O)N1C(=O)C(CC)(CC)[C@@H]1Oc1ccc(CNC(=O)CCN(CC)CC)cc1)c1ccc(C)cc1. The van der Waals surface area contributed by atoms with Gasteiger partial charge < -0.3 is 20.3 Å². The summed E-state index contributed by atoms with van der Waals surface area (Å²) in [6, 6.07) is 15.0. The van der Waals surface area contributed by atoms with Crippen molar-refractivity contribution in [2.45, 2.75) is 92.5 Å². The van der Waals surface area contributed by atoms with Gasteiger partial charge in [0.2, 0.25) is 11.8 Å². The molecule has 8 nitrogen and oxygen atoms in total. The predicted molar refractivity (Wildman–Crippen MR) is 162 cm³/mol. The minimum atomic E-state index is -0.751. The normalized spacial score (nSPS) is 16.7. The van der Waals surface area contributed by atoms with Gasteiger partial charge in [-0.1, -0.05) is 83.0 Å². The van der Waals surface area contributed by atoms with E-state index in [1.807, 2.05) is 69.3 Å². The molecule has 1 fully saturated rings. The molecule has 0 bridgehead atoms. The first-order chi connectivity index (χ1) is 19.7. The quantitative estimate of drug-likeness (QED) is 0.261. The van der Waals surface area contributed by atoms with Gasteiger partial charge in [-0.3, -0.25) is 9.59 Å². The van der Waals surface area contributed by atoms with Crippen LogP contribution in [0.1, 0.15) is 89.5 Å². The highest BCUT2D eigenvalue weighted by Gasteiger charge is 2.63. The van der Waals surface area contributed by atoms with Crippen LogP contribution in [0.3, 0.4) is 0 Å². The van der Waals surface area contributed by atoms with Crippen molar-refractivity contribution in [1.29, 1.82) is 0 Å². The van der Waals surface area contributed by atoms with Gasteiger partial charge in [-0.15, -0.1) is 0 Å². The number of aryl methyl sites for hydroxylation is 1. The smallest absolute Gasteiger partial charge is 0.327 e. The van der Waals surface area contributed by atoms with Crippen molar-refractivity contribution in [3.05, 3.63) is 65.2 Å². The highest BCUT2D eigenvalue weighted by molar-refractivity contribution is 6.03. The van der Waals surface area contributed by atoms with Crippen LogP contribution >= 0.6 is 0 Å². The summed E-state index contributed by atoms with van der Waals surface area (Å²) in [5, 5.41) is 6.07. The van der Waals surface area contributed by atoms with E-state index in [1.165, 1.54) is 4.90 Å². The fourth-order valence-corrected chi connectivity index (χ4v) is 5.43. The summed E-state index contributed by atoms with van der Waals surface area (Å²) in [5.41, 5.74) is 2.37. The van der Waals surface area contributed by atoms with Gasteiger partial charge in [-0.25, -0.2) is 9.69 Å². The summed E-state index contributed by atoms with van der Waals surface area (Å²) in [6.07, 6.45) is 2.58. The minimum absolute atomic E-state index is 0.0227. The second kappa shape index (κ2) is 15.0. The molecule has 224 valence electrons. The third kappa shape index (κ3) is 7.67. The van der Waals surface area contributed by atoms with Crippen LogP contribution < -0.4 is 15.4 Å². The molecule has 0 radical (unpaired) electrons. The lowest BCUT2D eigenvalue weighted by Crippen LogP contribution is -2.73. The third-order valence-electron chi connectivity index (χ3n) is 8.40. The van der Waals surface area contributed by atoms with E-state index in [0.717, 1.165) is 49.2 Å². The number of carbonyl (C=O) groups excluding carboxylic acids is 3. The number of hydrogen-bond donors (Lipinski definition) is 2. The summed E-state index contributed by atoms with van der Waals surface area (Å²) in [6.45, 7) is 15.3. The number of urea groups is 1. The van der Waals surface area contributed by atoms with Crippen LogP contribution in [0.2, 0.25) is 0 Å². The number of likely N-dealkylation sites (tertiary alicyclic amines) is 1. The van der Waals surface area contributed by atoms with Gasteiger partial charge in [0.15, 0.2) is 6.23 Å². The van der Waals surface area contributed by atoms with E-state index in [0.29, 0.717) is 31.6 Å². The van der Waals surface area contributed by atoms with Crippen LogP contribution in [0.5, 0.6) is 5.75 Å². The van der Waals surface area contributed by atoms with Crippen LogP contribution in [0, 0.1) is 12.3 Å². The molecule has 2 aromatic rings. The zero-order valence-corrected chi connectivity index (χ0v) is 25.7. The predicted octanol–water partition coefficient (Wildman–Crippen LogP) is 5.95. The number of nitrogens with one attached hydrogen (secondary N) is 2. The summed E-state index contributed by atoms with van der Waals surface area (Å²) >= 11 is 0. The standard InChI is InChI=1S/C33H48N4O4/c1-7-12-28(26-17-13-24(6)14-18-26)35-32(40)37-30(39)33(8-2,9-3)31(37)41-27-19-15-25(16-20-27)23-34-29(38)21-22-36(10-4)11-5/h13-20,28,31H,7-12,21-23H2,1-6H3,(H,34,38)(H,35,40)/t28-,31+/m1/s1. The summed E-state index contributed by atoms with van der Waals surface area (Å²) in [7, 11) is 0. The molecule has 41 heavy (non-hydrogen) atoms. The summed E-state index contributed by atoms with van der Waals surface area (Å²) in [5.74, 6) is 0.398. The number of amides is 4. The Morgan fingerprint density at radius 1 is 0.976 bits per heavy atom. The average Bonchev–Trinajstić information content (AvgIpc) is 2.98. The van der Waals surface area contributed by atoms with Gasteiger partial charge in [-0.05, 0) is 62.5 Å². The second-order valence-electron chi connectivity index (χ2n) is 10.9. The van der Waals surface area contributed by atoms with E-state index in [4.69, 9.17) is 4.74 Å². The maximum Gasteiger partial charge on any atom is 0.327 e. The van der Waals surface area contributed by atoms with E-state index in [-0.39, 0.29) is 17.9 Å². The van der Waals surface area contributed by atoms with Crippen molar-refractivity contribution in [1.82, 2.24) is 20.4 Å². The van der Waals surface area contributed by atoms with E-state index >= 15 is 0 Å². The molecule has 0 aliphatic carbocycles. The molecular formula is C33H48N4O4. The Labute approximate surface area is 245 Å². The molecule has 0 aromatic heterocycles. The Morgan fingerprint density at radius 3 is 2.17 bits per heavy atom. The highest BCUT2D eigenvalue weighted by atomic mass is 16.5. The lowest BCUT2D eigenvalue weighted by atomic mass is 9.72. The first-order valence-electron chi connectivity index (χ1n) is 15.2. The van der Waals surface area contributed by atoms with E-state index in [9.17, 15) is 14.4 Å². The summed E-state index contributed by atoms with van der Waals surface area (Å²) in [4.78, 5) is 42.6. The molecule has 4 amide bonds. The van der Waals surface area contributed by atoms with E-state index < -0.39 is 17.7 Å². The van der Waals surface area contributed by atoms with Gasteiger partial charge in [-0.2, -0.15) is 0 Å². The van der Waals surface area contributed by atoms with Crippen molar-refractivity contribution in [2.24, 2.45) is 5.41 Å². The second-order valence-corrected chi connectivity index (χ2v) is 10.9. The Bertz CT molecular complexity index is 1140. The number of β-lactam (4-membered cyclic amide) rings is 1. The minimum Gasteiger partial charge on any atom is -0.469 e. The van der Waals surface area contributed by atoms with Crippen LogP contribution in [0.25, 0.3) is 0 Å².